The molecule has 0 fully saturated rings. The van der Waals surface area contributed by atoms with Gasteiger partial charge in [-0.1, -0.05) is 29.4 Å². The van der Waals surface area contributed by atoms with Gasteiger partial charge in [-0.05, 0) is 24.6 Å². The van der Waals surface area contributed by atoms with E-state index in [9.17, 15) is 22.8 Å². The van der Waals surface area contributed by atoms with Gasteiger partial charge in [0.25, 0.3) is 5.56 Å². The highest BCUT2D eigenvalue weighted by atomic mass is 35.5. The maximum atomic E-state index is 12.6. The van der Waals surface area contributed by atoms with Gasteiger partial charge in [-0.15, -0.1) is 0 Å². The molecule has 0 aliphatic heterocycles. The Hall–Kier alpha value is -2.00. The largest absolute Gasteiger partial charge is 0.433 e. The Labute approximate surface area is 143 Å². The second-order valence-electron chi connectivity index (χ2n) is 4.73. The topological polar surface area (TPSA) is 74.8 Å². The number of aromatic amines is 1. The van der Waals surface area contributed by atoms with Crippen LogP contribution in [0.25, 0.3) is 0 Å². The van der Waals surface area contributed by atoms with Crippen molar-refractivity contribution in [3.63, 3.8) is 0 Å². The lowest BCUT2D eigenvalue weighted by Crippen LogP contribution is -2.18. The quantitative estimate of drug-likeness (QED) is 0.632. The third kappa shape index (κ3) is 5.00. The molecule has 2 rings (SSSR count). The first-order chi connectivity index (χ1) is 11.1. The first kappa shape index (κ1) is 18.3. The van der Waals surface area contributed by atoms with E-state index < -0.39 is 23.3 Å². The zero-order chi connectivity index (χ0) is 17.9. The Kier molecular flexibility index (Phi) is 5.55. The highest BCUT2D eigenvalue weighted by Crippen LogP contribution is 2.27. The van der Waals surface area contributed by atoms with Gasteiger partial charge < -0.3 is 10.3 Å². The highest BCUT2D eigenvalue weighted by molar-refractivity contribution is 7.99. The molecule has 0 aliphatic carbocycles. The molecule has 1 heterocycles. The van der Waals surface area contributed by atoms with Gasteiger partial charge in [0, 0.05) is 16.8 Å². The number of halogens is 4. The number of aromatic nitrogens is 2. The second-order valence-corrected chi connectivity index (χ2v) is 6.11. The Balaban J connectivity index is 2.02. The minimum atomic E-state index is -4.73. The third-order valence-electron chi connectivity index (χ3n) is 2.81. The average Bonchev–Trinajstić information content (AvgIpc) is 2.47. The first-order valence-corrected chi connectivity index (χ1v) is 7.89. The molecule has 0 atom stereocenters. The van der Waals surface area contributed by atoms with Gasteiger partial charge in [-0.2, -0.15) is 13.2 Å². The number of hydrogen-bond acceptors (Lipinski definition) is 4. The summed E-state index contributed by atoms with van der Waals surface area (Å²) < 4.78 is 37.8. The number of carbonyl (C=O) groups excluding carboxylic acids is 1. The number of alkyl halides is 3. The molecule has 24 heavy (non-hydrogen) atoms. The molecule has 0 spiro atoms. The van der Waals surface area contributed by atoms with Gasteiger partial charge in [-0.25, -0.2) is 4.98 Å². The van der Waals surface area contributed by atoms with Crippen LogP contribution in [0, 0.1) is 6.92 Å². The summed E-state index contributed by atoms with van der Waals surface area (Å²) >= 11 is 6.62. The predicted molar refractivity (Wildman–Crippen MR) is 85.4 cm³/mol. The summed E-state index contributed by atoms with van der Waals surface area (Å²) in [6.45, 7) is 1.80. The summed E-state index contributed by atoms with van der Waals surface area (Å²) in [7, 11) is 0. The van der Waals surface area contributed by atoms with Gasteiger partial charge >= 0.3 is 6.18 Å². The Morgan fingerprint density at radius 3 is 2.71 bits per heavy atom. The lowest BCUT2D eigenvalue weighted by atomic mass is 10.2. The number of carbonyl (C=O) groups is 1. The summed E-state index contributed by atoms with van der Waals surface area (Å²) in [5.41, 5.74) is -0.943. The number of anilines is 1. The molecular weight excluding hydrogens is 367 g/mol. The van der Waals surface area contributed by atoms with Crippen LogP contribution in [0.5, 0.6) is 0 Å². The molecular formula is C14H11ClF3N3O2S. The fourth-order valence-corrected chi connectivity index (χ4v) is 2.51. The first-order valence-electron chi connectivity index (χ1n) is 6.52. The van der Waals surface area contributed by atoms with Crippen molar-refractivity contribution in [2.75, 3.05) is 11.1 Å². The molecule has 2 N–H and O–H groups in total. The molecule has 0 saturated heterocycles. The Bertz CT molecular complexity index is 824. The van der Waals surface area contributed by atoms with E-state index in [-0.39, 0.29) is 10.9 Å². The Morgan fingerprint density at radius 2 is 2.08 bits per heavy atom. The molecule has 1 aromatic carbocycles. The summed E-state index contributed by atoms with van der Waals surface area (Å²) in [6, 6.07) is 5.29. The van der Waals surface area contributed by atoms with Crippen LogP contribution in [0.3, 0.4) is 0 Å². The van der Waals surface area contributed by atoms with Crippen LogP contribution in [-0.4, -0.2) is 21.6 Å². The van der Waals surface area contributed by atoms with E-state index in [1.807, 2.05) is 0 Å². The number of amides is 1. The minimum absolute atomic E-state index is 0.226. The van der Waals surface area contributed by atoms with Gasteiger partial charge in [0.2, 0.25) is 5.91 Å². The minimum Gasteiger partial charge on any atom is -0.325 e. The average molecular weight is 378 g/mol. The van der Waals surface area contributed by atoms with Crippen LogP contribution in [0.1, 0.15) is 11.3 Å². The number of H-pyrrole nitrogens is 1. The standard InChI is InChI=1S/C14H11ClF3N3O2S/c1-7-2-3-8(4-9(7)15)19-12(23)6-24-13-20-10(14(16,17)18)5-11(22)21-13/h2-5H,6H2,1H3,(H,19,23)(H,20,21,22). The number of aryl methyl sites for hydroxylation is 1. The summed E-state index contributed by atoms with van der Waals surface area (Å²) in [5, 5.41) is 2.74. The SMILES string of the molecule is Cc1ccc(NC(=O)CSc2nc(C(F)(F)F)cc(=O)[nH]2)cc1Cl. The normalized spacial score (nSPS) is 11.4. The monoisotopic (exact) mass is 377 g/mol. The van der Waals surface area contributed by atoms with Crippen molar-refractivity contribution in [1.29, 1.82) is 0 Å². The van der Waals surface area contributed by atoms with E-state index >= 15 is 0 Å². The number of benzene rings is 1. The molecule has 1 aromatic heterocycles. The molecule has 0 bridgehead atoms. The van der Waals surface area contributed by atoms with Crippen LogP contribution < -0.4 is 10.9 Å². The van der Waals surface area contributed by atoms with Crippen molar-refractivity contribution in [2.45, 2.75) is 18.3 Å². The van der Waals surface area contributed by atoms with E-state index in [2.05, 4.69) is 15.3 Å². The third-order valence-corrected chi connectivity index (χ3v) is 4.09. The number of hydrogen-bond donors (Lipinski definition) is 2. The van der Waals surface area contributed by atoms with Crippen molar-refractivity contribution < 1.29 is 18.0 Å². The molecule has 5 nitrogen and oxygen atoms in total. The summed E-state index contributed by atoms with van der Waals surface area (Å²) in [5.74, 6) is -0.699. The van der Waals surface area contributed by atoms with Crippen LogP contribution in [0.15, 0.2) is 34.2 Å². The van der Waals surface area contributed by atoms with Gasteiger partial charge in [-0.3, -0.25) is 9.59 Å². The summed E-state index contributed by atoms with van der Waals surface area (Å²) in [4.78, 5) is 28.5. The second kappa shape index (κ2) is 7.27. The van der Waals surface area contributed by atoms with Crippen LogP contribution in [-0.2, 0) is 11.0 Å². The molecule has 2 aromatic rings. The lowest BCUT2D eigenvalue weighted by Gasteiger charge is -2.08. The smallest absolute Gasteiger partial charge is 0.325 e. The zero-order valence-corrected chi connectivity index (χ0v) is 13.8. The highest BCUT2D eigenvalue weighted by Gasteiger charge is 2.33. The lowest BCUT2D eigenvalue weighted by molar-refractivity contribution is -0.141. The molecule has 1 amide bonds. The number of thioether (sulfide) groups is 1. The van der Waals surface area contributed by atoms with Gasteiger partial charge in [0.15, 0.2) is 10.9 Å². The van der Waals surface area contributed by atoms with Crippen LogP contribution >= 0.6 is 23.4 Å². The van der Waals surface area contributed by atoms with Crippen molar-refractivity contribution >= 4 is 35.0 Å². The van der Waals surface area contributed by atoms with Crippen LogP contribution in [0.4, 0.5) is 18.9 Å². The van der Waals surface area contributed by atoms with E-state index in [0.29, 0.717) is 28.5 Å². The number of rotatable bonds is 4. The fraction of sp³-hybridized carbons (Fsp3) is 0.214. The molecule has 0 unspecified atom stereocenters. The maximum absolute atomic E-state index is 12.6. The Morgan fingerprint density at radius 1 is 1.38 bits per heavy atom. The van der Waals surface area contributed by atoms with E-state index in [1.54, 1.807) is 25.1 Å². The van der Waals surface area contributed by atoms with Gasteiger partial charge in [0.05, 0.1) is 5.75 Å². The van der Waals surface area contributed by atoms with Gasteiger partial charge in [0.1, 0.15) is 0 Å². The maximum Gasteiger partial charge on any atom is 0.433 e. The summed E-state index contributed by atoms with van der Waals surface area (Å²) in [6.07, 6.45) is -4.73. The van der Waals surface area contributed by atoms with Crippen molar-refractivity contribution in [2.24, 2.45) is 0 Å². The predicted octanol–water partition coefficient (Wildman–Crippen LogP) is 3.48. The molecule has 10 heteroatoms. The molecule has 128 valence electrons. The van der Waals surface area contributed by atoms with E-state index in [4.69, 9.17) is 11.6 Å². The van der Waals surface area contributed by atoms with E-state index in [1.165, 1.54) is 0 Å². The number of nitrogens with one attached hydrogen (secondary N) is 2. The van der Waals surface area contributed by atoms with Crippen molar-refractivity contribution in [1.82, 2.24) is 9.97 Å². The number of nitrogens with zero attached hydrogens (tertiary/aromatic N) is 1. The van der Waals surface area contributed by atoms with Crippen molar-refractivity contribution in [3.05, 3.63) is 50.9 Å². The fourth-order valence-electron chi connectivity index (χ4n) is 1.65. The van der Waals surface area contributed by atoms with Crippen LogP contribution in [0.2, 0.25) is 5.02 Å². The molecule has 0 radical (unpaired) electrons. The van der Waals surface area contributed by atoms with Crippen molar-refractivity contribution in [3.8, 4) is 0 Å². The molecule has 0 saturated carbocycles. The molecule has 0 aliphatic rings. The zero-order valence-electron chi connectivity index (χ0n) is 12.2. The van der Waals surface area contributed by atoms with E-state index in [0.717, 1.165) is 5.56 Å².